The van der Waals surface area contributed by atoms with Gasteiger partial charge in [0.2, 0.25) is 0 Å². The Morgan fingerprint density at radius 3 is 2.60 bits per heavy atom. The molecule has 1 aromatic carbocycles. The molecule has 0 saturated carbocycles. The first-order chi connectivity index (χ1) is 9.79. The SMILES string of the molecule is Brc1ccc(Nc2csc(Nc3cnccn3)n2)cc1. The molecule has 5 nitrogen and oxygen atoms in total. The van der Waals surface area contributed by atoms with E-state index in [1.54, 1.807) is 18.6 Å². The zero-order valence-electron chi connectivity index (χ0n) is 10.2. The maximum atomic E-state index is 4.44. The average Bonchev–Trinajstić information content (AvgIpc) is 2.90. The first kappa shape index (κ1) is 13.0. The topological polar surface area (TPSA) is 62.7 Å². The van der Waals surface area contributed by atoms with Gasteiger partial charge in [0.15, 0.2) is 10.9 Å². The van der Waals surface area contributed by atoms with Gasteiger partial charge in [-0.1, -0.05) is 15.9 Å². The number of halogens is 1. The Hall–Kier alpha value is -1.99. The van der Waals surface area contributed by atoms with Gasteiger partial charge >= 0.3 is 0 Å². The summed E-state index contributed by atoms with van der Waals surface area (Å²) in [5.74, 6) is 1.47. The van der Waals surface area contributed by atoms with Gasteiger partial charge in [0.25, 0.3) is 0 Å². The minimum absolute atomic E-state index is 0.678. The second-order valence-electron chi connectivity index (χ2n) is 3.89. The third-order valence-corrected chi connectivity index (χ3v) is 3.71. The summed E-state index contributed by atoms with van der Waals surface area (Å²) in [6, 6.07) is 7.93. The van der Waals surface area contributed by atoms with E-state index in [1.165, 1.54) is 11.3 Å². The molecule has 20 heavy (non-hydrogen) atoms. The molecule has 0 atom stereocenters. The molecule has 100 valence electrons. The fourth-order valence-electron chi connectivity index (χ4n) is 1.54. The first-order valence-electron chi connectivity index (χ1n) is 5.81. The summed E-state index contributed by atoms with van der Waals surface area (Å²) in [6.07, 6.45) is 4.92. The predicted molar refractivity (Wildman–Crippen MR) is 84.9 cm³/mol. The Kier molecular flexibility index (Phi) is 3.89. The minimum Gasteiger partial charge on any atom is -0.339 e. The van der Waals surface area contributed by atoms with Crippen LogP contribution in [-0.4, -0.2) is 15.0 Å². The number of hydrogen-bond donors (Lipinski definition) is 2. The molecule has 0 saturated heterocycles. The Morgan fingerprint density at radius 2 is 1.85 bits per heavy atom. The largest absolute Gasteiger partial charge is 0.339 e. The van der Waals surface area contributed by atoms with E-state index in [0.717, 1.165) is 21.1 Å². The van der Waals surface area contributed by atoms with Gasteiger partial charge in [-0.2, -0.15) is 0 Å². The van der Waals surface area contributed by atoms with Gasteiger partial charge in [-0.3, -0.25) is 4.98 Å². The number of hydrogen-bond acceptors (Lipinski definition) is 6. The van der Waals surface area contributed by atoms with E-state index < -0.39 is 0 Å². The number of benzene rings is 1. The van der Waals surface area contributed by atoms with Crippen molar-refractivity contribution in [3.8, 4) is 0 Å². The summed E-state index contributed by atoms with van der Waals surface area (Å²) in [5.41, 5.74) is 0.990. The van der Waals surface area contributed by atoms with Crippen LogP contribution in [0.1, 0.15) is 0 Å². The number of nitrogens with one attached hydrogen (secondary N) is 2. The molecule has 2 heterocycles. The molecular weight excluding hydrogens is 338 g/mol. The van der Waals surface area contributed by atoms with E-state index in [0.29, 0.717) is 5.82 Å². The van der Waals surface area contributed by atoms with Crippen LogP contribution >= 0.6 is 27.3 Å². The van der Waals surface area contributed by atoms with Crippen molar-refractivity contribution in [3.05, 3.63) is 52.7 Å². The van der Waals surface area contributed by atoms with Crippen molar-refractivity contribution in [2.24, 2.45) is 0 Å². The molecular formula is C13H10BrN5S. The van der Waals surface area contributed by atoms with E-state index in [-0.39, 0.29) is 0 Å². The maximum Gasteiger partial charge on any atom is 0.190 e. The number of thiazole rings is 1. The molecule has 2 aromatic heterocycles. The van der Waals surface area contributed by atoms with Gasteiger partial charge in [0.1, 0.15) is 5.82 Å². The normalized spacial score (nSPS) is 10.2. The molecule has 0 radical (unpaired) electrons. The van der Waals surface area contributed by atoms with Crippen LogP contribution in [0.3, 0.4) is 0 Å². The summed E-state index contributed by atoms with van der Waals surface area (Å²) in [6.45, 7) is 0. The van der Waals surface area contributed by atoms with E-state index >= 15 is 0 Å². The standard InChI is InChI=1S/C13H10BrN5S/c14-9-1-3-10(4-2-9)17-12-8-20-13(19-12)18-11-7-15-5-6-16-11/h1-8,17H,(H,16,18,19). The third kappa shape index (κ3) is 3.31. The molecule has 3 rings (SSSR count). The van der Waals surface area contributed by atoms with E-state index in [9.17, 15) is 0 Å². The highest BCUT2D eigenvalue weighted by atomic mass is 79.9. The highest BCUT2D eigenvalue weighted by Crippen LogP contribution is 2.25. The number of nitrogens with zero attached hydrogens (tertiary/aromatic N) is 3. The molecule has 0 aliphatic heterocycles. The average molecular weight is 348 g/mol. The molecule has 3 aromatic rings. The van der Waals surface area contributed by atoms with Crippen LogP contribution in [0, 0.1) is 0 Å². The molecule has 7 heteroatoms. The van der Waals surface area contributed by atoms with Crippen LogP contribution in [0.25, 0.3) is 0 Å². The van der Waals surface area contributed by atoms with Crippen molar-refractivity contribution in [3.63, 3.8) is 0 Å². The van der Waals surface area contributed by atoms with Crippen molar-refractivity contribution in [1.29, 1.82) is 0 Å². The Balaban J connectivity index is 1.69. The van der Waals surface area contributed by atoms with Crippen molar-refractivity contribution in [2.45, 2.75) is 0 Å². The van der Waals surface area contributed by atoms with Crippen molar-refractivity contribution < 1.29 is 0 Å². The molecule has 0 amide bonds. The monoisotopic (exact) mass is 347 g/mol. The lowest BCUT2D eigenvalue weighted by molar-refractivity contribution is 1.19. The van der Waals surface area contributed by atoms with E-state index in [2.05, 4.69) is 41.5 Å². The van der Waals surface area contributed by atoms with Crippen molar-refractivity contribution in [2.75, 3.05) is 10.6 Å². The molecule has 0 bridgehead atoms. The number of rotatable bonds is 4. The second kappa shape index (κ2) is 5.98. The van der Waals surface area contributed by atoms with Gasteiger partial charge in [-0.15, -0.1) is 11.3 Å². The highest BCUT2D eigenvalue weighted by Gasteiger charge is 2.03. The van der Waals surface area contributed by atoms with E-state index in [1.807, 2.05) is 29.6 Å². The summed E-state index contributed by atoms with van der Waals surface area (Å²) in [4.78, 5) is 12.6. The van der Waals surface area contributed by atoms with Crippen LogP contribution in [0.4, 0.5) is 22.5 Å². The lowest BCUT2D eigenvalue weighted by Gasteiger charge is -2.02. The molecule has 0 unspecified atom stereocenters. The van der Waals surface area contributed by atoms with Crippen LogP contribution in [0.2, 0.25) is 0 Å². The Morgan fingerprint density at radius 1 is 1.00 bits per heavy atom. The molecule has 0 aliphatic carbocycles. The smallest absolute Gasteiger partial charge is 0.190 e. The van der Waals surface area contributed by atoms with Crippen LogP contribution < -0.4 is 10.6 Å². The summed E-state index contributed by atoms with van der Waals surface area (Å²) < 4.78 is 1.05. The molecule has 0 spiro atoms. The zero-order valence-corrected chi connectivity index (χ0v) is 12.6. The molecule has 2 N–H and O–H groups in total. The molecule has 0 fully saturated rings. The maximum absolute atomic E-state index is 4.44. The minimum atomic E-state index is 0.678. The fourth-order valence-corrected chi connectivity index (χ4v) is 2.46. The second-order valence-corrected chi connectivity index (χ2v) is 5.66. The van der Waals surface area contributed by atoms with E-state index in [4.69, 9.17) is 0 Å². The first-order valence-corrected chi connectivity index (χ1v) is 7.48. The van der Waals surface area contributed by atoms with Gasteiger partial charge < -0.3 is 10.6 Å². The Labute approximate surface area is 128 Å². The third-order valence-electron chi connectivity index (χ3n) is 2.42. The number of anilines is 4. The Bertz CT molecular complexity index is 683. The van der Waals surface area contributed by atoms with Crippen molar-refractivity contribution in [1.82, 2.24) is 15.0 Å². The van der Waals surface area contributed by atoms with Gasteiger partial charge in [-0.25, -0.2) is 9.97 Å². The molecule has 0 aliphatic rings. The predicted octanol–water partition coefficient (Wildman–Crippen LogP) is 4.18. The van der Waals surface area contributed by atoms with Crippen LogP contribution in [0.5, 0.6) is 0 Å². The van der Waals surface area contributed by atoms with Crippen LogP contribution in [-0.2, 0) is 0 Å². The zero-order chi connectivity index (χ0) is 13.8. The summed E-state index contributed by atoms with van der Waals surface area (Å²) in [5, 5.41) is 9.06. The summed E-state index contributed by atoms with van der Waals surface area (Å²) >= 11 is 4.91. The fraction of sp³-hybridized carbons (Fsp3) is 0. The van der Waals surface area contributed by atoms with Gasteiger partial charge in [0, 0.05) is 27.9 Å². The quantitative estimate of drug-likeness (QED) is 0.741. The van der Waals surface area contributed by atoms with Gasteiger partial charge in [0.05, 0.1) is 6.20 Å². The summed E-state index contributed by atoms with van der Waals surface area (Å²) in [7, 11) is 0. The lowest BCUT2D eigenvalue weighted by Crippen LogP contribution is -1.94. The van der Waals surface area contributed by atoms with Crippen LogP contribution in [0.15, 0.2) is 52.7 Å². The lowest BCUT2D eigenvalue weighted by atomic mass is 10.3. The van der Waals surface area contributed by atoms with Gasteiger partial charge in [-0.05, 0) is 24.3 Å². The number of aromatic nitrogens is 3. The van der Waals surface area contributed by atoms with Crippen molar-refractivity contribution >= 4 is 49.7 Å². The highest BCUT2D eigenvalue weighted by molar-refractivity contribution is 9.10.